The molecule has 0 aliphatic carbocycles. The maximum atomic E-state index is 11.4. The fourth-order valence-corrected chi connectivity index (χ4v) is 1.88. The van der Waals surface area contributed by atoms with Gasteiger partial charge in [0.2, 0.25) is 6.41 Å². The first kappa shape index (κ1) is 14.2. The summed E-state index contributed by atoms with van der Waals surface area (Å²) in [5.41, 5.74) is 0.951. The molecule has 0 spiro atoms. The minimum absolute atomic E-state index is 0.284. The van der Waals surface area contributed by atoms with E-state index >= 15 is 0 Å². The quantitative estimate of drug-likeness (QED) is 0.810. The normalized spacial score (nSPS) is 13.2. The maximum absolute atomic E-state index is 11.4. The molecule has 0 aliphatic rings. The molecule has 100 valence electrons. The Morgan fingerprint density at radius 2 is 2.11 bits per heavy atom. The lowest BCUT2D eigenvalue weighted by Gasteiger charge is -2.24. The number of hydrogen-bond donors (Lipinski definition) is 1. The summed E-state index contributed by atoms with van der Waals surface area (Å²) in [4.78, 5) is 23.3. The first-order chi connectivity index (χ1) is 8.18. The van der Waals surface area contributed by atoms with E-state index in [0.29, 0.717) is 17.7 Å². The van der Waals surface area contributed by atoms with Gasteiger partial charge in [-0.15, -0.1) is 0 Å². The minimum atomic E-state index is -1.07. The zero-order chi connectivity index (χ0) is 14.1. The van der Waals surface area contributed by atoms with Gasteiger partial charge < -0.3 is 10.0 Å². The molecule has 1 rings (SSSR count). The summed E-state index contributed by atoms with van der Waals surface area (Å²) in [5.74, 6) is -1.07. The summed E-state index contributed by atoms with van der Waals surface area (Å²) in [5, 5.41) is 13.6. The number of likely N-dealkylation sites (N-methyl/N-ethyl adjacent to an activating group) is 1. The number of carbonyl (C=O) groups is 2. The van der Waals surface area contributed by atoms with E-state index in [2.05, 4.69) is 5.10 Å². The van der Waals surface area contributed by atoms with Gasteiger partial charge in [-0.1, -0.05) is 20.8 Å². The van der Waals surface area contributed by atoms with E-state index in [1.807, 2.05) is 20.8 Å². The Morgan fingerprint density at radius 3 is 2.50 bits per heavy atom. The van der Waals surface area contributed by atoms with Crippen LogP contribution in [-0.2, 0) is 22.1 Å². The molecule has 6 nitrogen and oxygen atoms in total. The lowest BCUT2D eigenvalue weighted by atomic mass is 9.87. The van der Waals surface area contributed by atoms with Crippen molar-refractivity contribution in [2.45, 2.75) is 32.2 Å². The molecular formula is C12H19N3O3. The standard InChI is InChI=1S/C12H19N3O3/c1-12(2,3)10-8(6-15(5)13-10)9(11(17)18)14(4)7-16/h6-7,9H,1-5H3,(H,17,18). The molecule has 1 aromatic heterocycles. The fraction of sp³-hybridized carbons (Fsp3) is 0.583. The monoisotopic (exact) mass is 253 g/mol. The van der Waals surface area contributed by atoms with Crippen LogP contribution in [0.25, 0.3) is 0 Å². The highest BCUT2D eigenvalue weighted by molar-refractivity contribution is 5.78. The topological polar surface area (TPSA) is 75.4 Å². The van der Waals surface area contributed by atoms with Crippen LogP contribution in [0.2, 0.25) is 0 Å². The van der Waals surface area contributed by atoms with Crippen LogP contribution in [0, 0.1) is 0 Å². The van der Waals surface area contributed by atoms with E-state index in [9.17, 15) is 14.7 Å². The molecule has 1 amide bonds. The SMILES string of the molecule is CN(C=O)C(C(=O)O)c1cn(C)nc1C(C)(C)C. The van der Waals surface area contributed by atoms with Crippen LogP contribution >= 0.6 is 0 Å². The molecule has 0 aromatic carbocycles. The number of amides is 1. The molecule has 1 aromatic rings. The van der Waals surface area contributed by atoms with Crippen molar-refractivity contribution in [2.75, 3.05) is 7.05 Å². The zero-order valence-corrected chi connectivity index (χ0v) is 11.3. The molecule has 1 heterocycles. The van der Waals surface area contributed by atoms with Crippen LogP contribution in [-0.4, -0.2) is 39.2 Å². The average Bonchev–Trinajstić information content (AvgIpc) is 2.59. The van der Waals surface area contributed by atoms with Crippen molar-refractivity contribution in [3.05, 3.63) is 17.5 Å². The largest absolute Gasteiger partial charge is 0.479 e. The minimum Gasteiger partial charge on any atom is -0.479 e. The van der Waals surface area contributed by atoms with Gasteiger partial charge >= 0.3 is 5.97 Å². The molecule has 0 saturated carbocycles. The average molecular weight is 253 g/mol. The van der Waals surface area contributed by atoms with E-state index in [0.717, 1.165) is 4.90 Å². The first-order valence-corrected chi connectivity index (χ1v) is 5.62. The number of carbonyl (C=O) groups excluding carboxylic acids is 1. The third-order valence-corrected chi connectivity index (χ3v) is 2.67. The van der Waals surface area contributed by atoms with Gasteiger partial charge in [0.05, 0.1) is 5.69 Å². The van der Waals surface area contributed by atoms with Gasteiger partial charge in [-0.2, -0.15) is 5.10 Å². The summed E-state index contributed by atoms with van der Waals surface area (Å²) < 4.78 is 1.57. The number of nitrogens with zero attached hydrogens (tertiary/aromatic N) is 3. The van der Waals surface area contributed by atoms with E-state index in [1.54, 1.807) is 17.9 Å². The summed E-state index contributed by atoms with van der Waals surface area (Å²) >= 11 is 0. The van der Waals surface area contributed by atoms with Crippen molar-refractivity contribution in [3.8, 4) is 0 Å². The van der Waals surface area contributed by atoms with Crippen LogP contribution in [0.4, 0.5) is 0 Å². The van der Waals surface area contributed by atoms with Gasteiger partial charge in [-0.3, -0.25) is 9.48 Å². The molecule has 1 atom stereocenters. The van der Waals surface area contributed by atoms with Crippen LogP contribution < -0.4 is 0 Å². The highest BCUT2D eigenvalue weighted by Gasteiger charge is 2.32. The lowest BCUT2D eigenvalue weighted by Crippen LogP contribution is -2.31. The Morgan fingerprint density at radius 1 is 1.56 bits per heavy atom. The number of carboxylic acids is 1. The number of carboxylic acid groups (broad SMARTS) is 1. The predicted molar refractivity (Wildman–Crippen MR) is 66.1 cm³/mol. The second kappa shape index (κ2) is 4.80. The van der Waals surface area contributed by atoms with Crippen molar-refractivity contribution >= 4 is 12.4 Å². The smallest absolute Gasteiger partial charge is 0.331 e. The van der Waals surface area contributed by atoms with Crippen molar-refractivity contribution in [2.24, 2.45) is 7.05 Å². The van der Waals surface area contributed by atoms with E-state index < -0.39 is 12.0 Å². The summed E-state index contributed by atoms with van der Waals surface area (Å²) in [6, 6.07) is -1.01. The number of hydrogen-bond acceptors (Lipinski definition) is 3. The Labute approximate surface area is 106 Å². The van der Waals surface area contributed by atoms with Gasteiger partial charge in [0.25, 0.3) is 0 Å². The molecule has 0 bridgehead atoms. The molecular weight excluding hydrogens is 234 g/mol. The van der Waals surface area contributed by atoms with Crippen LogP contribution in [0.5, 0.6) is 0 Å². The summed E-state index contributed by atoms with van der Waals surface area (Å²) in [7, 11) is 3.18. The van der Waals surface area contributed by atoms with Crippen LogP contribution in [0.1, 0.15) is 38.1 Å². The van der Waals surface area contributed by atoms with Crippen molar-refractivity contribution in [1.29, 1.82) is 0 Å². The summed E-state index contributed by atoms with van der Waals surface area (Å²) in [6.07, 6.45) is 2.16. The van der Waals surface area contributed by atoms with Gasteiger partial charge in [0, 0.05) is 31.3 Å². The highest BCUT2D eigenvalue weighted by atomic mass is 16.4. The third-order valence-electron chi connectivity index (χ3n) is 2.67. The van der Waals surface area contributed by atoms with E-state index in [-0.39, 0.29) is 5.41 Å². The molecule has 1 unspecified atom stereocenters. The third kappa shape index (κ3) is 2.69. The second-order valence-corrected chi connectivity index (χ2v) is 5.37. The Balaban J connectivity index is 3.37. The van der Waals surface area contributed by atoms with Gasteiger partial charge in [0.15, 0.2) is 6.04 Å². The van der Waals surface area contributed by atoms with Gasteiger partial charge in [0.1, 0.15) is 0 Å². The number of aliphatic carboxylic acids is 1. The molecule has 0 aliphatic heterocycles. The van der Waals surface area contributed by atoms with Crippen LogP contribution in [0.3, 0.4) is 0 Å². The second-order valence-electron chi connectivity index (χ2n) is 5.37. The fourth-order valence-electron chi connectivity index (χ4n) is 1.88. The Hall–Kier alpha value is -1.85. The number of rotatable bonds is 4. The first-order valence-electron chi connectivity index (χ1n) is 5.62. The molecule has 0 fully saturated rings. The number of aryl methyl sites for hydroxylation is 1. The van der Waals surface area contributed by atoms with Crippen molar-refractivity contribution in [3.63, 3.8) is 0 Å². The highest BCUT2D eigenvalue weighted by Crippen LogP contribution is 2.30. The van der Waals surface area contributed by atoms with Crippen molar-refractivity contribution in [1.82, 2.24) is 14.7 Å². The zero-order valence-electron chi connectivity index (χ0n) is 11.3. The molecule has 18 heavy (non-hydrogen) atoms. The lowest BCUT2D eigenvalue weighted by molar-refractivity contribution is -0.145. The van der Waals surface area contributed by atoms with Gasteiger partial charge in [-0.25, -0.2) is 4.79 Å². The number of aromatic nitrogens is 2. The molecule has 1 N–H and O–H groups in total. The predicted octanol–water partition coefficient (Wildman–Crippen LogP) is 0.931. The van der Waals surface area contributed by atoms with E-state index in [1.165, 1.54) is 7.05 Å². The Bertz CT molecular complexity index is 460. The van der Waals surface area contributed by atoms with Crippen molar-refractivity contribution < 1.29 is 14.7 Å². The van der Waals surface area contributed by atoms with E-state index in [4.69, 9.17) is 0 Å². The van der Waals surface area contributed by atoms with Gasteiger partial charge in [-0.05, 0) is 0 Å². The molecule has 0 radical (unpaired) electrons. The molecule has 6 heteroatoms. The van der Waals surface area contributed by atoms with Crippen LogP contribution in [0.15, 0.2) is 6.20 Å². The Kier molecular flexibility index (Phi) is 3.79. The molecule has 0 saturated heterocycles. The summed E-state index contributed by atoms with van der Waals surface area (Å²) in [6.45, 7) is 5.87. The maximum Gasteiger partial charge on any atom is 0.331 e.